The van der Waals surface area contributed by atoms with E-state index in [9.17, 15) is 10.1 Å². The summed E-state index contributed by atoms with van der Waals surface area (Å²) >= 11 is 5.80. The maximum Gasteiger partial charge on any atom is 0.275 e. The lowest BCUT2D eigenvalue weighted by molar-refractivity contribution is -0.385. The van der Waals surface area contributed by atoms with Crippen molar-refractivity contribution in [3.63, 3.8) is 0 Å². The maximum atomic E-state index is 11.0. The minimum atomic E-state index is -0.378. The Labute approximate surface area is 124 Å². The summed E-state index contributed by atoms with van der Waals surface area (Å²) in [5, 5.41) is 14.7. The maximum absolute atomic E-state index is 11.0. The van der Waals surface area contributed by atoms with E-state index in [4.69, 9.17) is 11.6 Å². The number of nitrogens with one attached hydrogen (secondary N) is 1. The molecule has 1 aromatic rings. The quantitative estimate of drug-likeness (QED) is 0.670. The molecule has 1 saturated heterocycles. The number of rotatable bonds is 5. The van der Waals surface area contributed by atoms with Gasteiger partial charge in [0.15, 0.2) is 0 Å². The van der Waals surface area contributed by atoms with Gasteiger partial charge in [-0.25, -0.2) is 0 Å². The van der Waals surface area contributed by atoms with E-state index in [1.54, 1.807) is 12.1 Å². The van der Waals surface area contributed by atoms with Gasteiger partial charge in [-0.2, -0.15) is 0 Å². The lowest BCUT2D eigenvalue weighted by atomic mass is 9.98. The van der Waals surface area contributed by atoms with Crippen molar-refractivity contribution in [3.8, 4) is 0 Å². The molecule has 0 bridgehead atoms. The van der Waals surface area contributed by atoms with Crippen LogP contribution < -0.4 is 5.32 Å². The molecule has 0 aromatic heterocycles. The molecule has 0 saturated carbocycles. The number of hydrogen-bond acceptors (Lipinski definition) is 4. The van der Waals surface area contributed by atoms with Gasteiger partial charge in [0.05, 0.1) is 4.92 Å². The summed E-state index contributed by atoms with van der Waals surface area (Å²) in [7, 11) is 2.14. The lowest BCUT2D eigenvalue weighted by Gasteiger charge is -2.29. The molecule has 1 aliphatic heterocycles. The van der Waals surface area contributed by atoms with Crippen molar-refractivity contribution in [1.82, 2.24) is 10.2 Å². The Kier molecular flexibility index (Phi) is 5.34. The molecule has 0 aliphatic carbocycles. The van der Waals surface area contributed by atoms with Crippen LogP contribution in [0.4, 0.5) is 5.69 Å². The number of nitro groups is 1. The molecule has 1 aromatic carbocycles. The summed E-state index contributed by atoms with van der Waals surface area (Å²) in [6, 6.07) is 4.83. The average Bonchev–Trinajstić information content (AvgIpc) is 2.40. The number of nitro benzene ring substituents is 1. The molecule has 0 amide bonds. The second-order valence-corrected chi connectivity index (χ2v) is 5.87. The van der Waals surface area contributed by atoms with E-state index in [0.29, 0.717) is 23.0 Å². The van der Waals surface area contributed by atoms with Crippen LogP contribution in [0.1, 0.15) is 18.4 Å². The van der Waals surface area contributed by atoms with Crippen LogP contribution in [0.5, 0.6) is 0 Å². The predicted molar refractivity (Wildman–Crippen MR) is 80.0 cm³/mol. The number of nitrogens with zero attached hydrogens (tertiary/aromatic N) is 2. The highest BCUT2D eigenvalue weighted by Crippen LogP contribution is 2.23. The molecular formula is C14H20ClN3O2. The Morgan fingerprint density at radius 1 is 1.55 bits per heavy atom. The zero-order valence-electron chi connectivity index (χ0n) is 11.6. The highest BCUT2D eigenvalue weighted by molar-refractivity contribution is 6.30. The minimum absolute atomic E-state index is 0.0887. The van der Waals surface area contributed by atoms with Crippen LogP contribution in [-0.4, -0.2) is 36.5 Å². The van der Waals surface area contributed by atoms with Crippen LogP contribution in [0, 0.1) is 16.0 Å². The third-order valence-corrected chi connectivity index (χ3v) is 3.95. The molecule has 1 aliphatic rings. The topological polar surface area (TPSA) is 58.4 Å². The van der Waals surface area contributed by atoms with Gasteiger partial charge in [0.25, 0.3) is 5.69 Å². The van der Waals surface area contributed by atoms with Crippen LogP contribution in [0.2, 0.25) is 5.02 Å². The van der Waals surface area contributed by atoms with Crippen molar-refractivity contribution in [2.45, 2.75) is 19.4 Å². The Morgan fingerprint density at radius 3 is 3.05 bits per heavy atom. The SMILES string of the molecule is CN1CCCC(CNCc2ccc(Cl)cc2[N+](=O)[O-])C1. The Morgan fingerprint density at radius 2 is 2.35 bits per heavy atom. The monoisotopic (exact) mass is 297 g/mol. The van der Waals surface area contributed by atoms with Gasteiger partial charge in [-0.3, -0.25) is 10.1 Å². The number of piperidine rings is 1. The highest BCUT2D eigenvalue weighted by Gasteiger charge is 2.18. The summed E-state index contributed by atoms with van der Waals surface area (Å²) in [4.78, 5) is 13.0. The molecule has 5 nitrogen and oxygen atoms in total. The van der Waals surface area contributed by atoms with Crippen LogP contribution in [0.25, 0.3) is 0 Å². The van der Waals surface area contributed by atoms with E-state index in [-0.39, 0.29) is 10.6 Å². The van der Waals surface area contributed by atoms with Gasteiger partial charge < -0.3 is 10.2 Å². The first kappa shape index (κ1) is 15.2. The number of hydrogen-bond donors (Lipinski definition) is 1. The normalized spacial score (nSPS) is 20.0. The van der Waals surface area contributed by atoms with Crippen molar-refractivity contribution in [2.24, 2.45) is 5.92 Å². The van der Waals surface area contributed by atoms with Crippen LogP contribution in [-0.2, 0) is 6.54 Å². The van der Waals surface area contributed by atoms with Crippen LogP contribution in [0.15, 0.2) is 18.2 Å². The Bertz CT molecular complexity index is 481. The fourth-order valence-electron chi connectivity index (χ4n) is 2.71. The van der Waals surface area contributed by atoms with Gasteiger partial charge >= 0.3 is 0 Å². The second-order valence-electron chi connectivity index (χ2n) is 5.43. The Hall–Kier alpha value is -1.17. The van der Waals surface area contributed by atoms with E-state index in [1.165, 1.54) is 25.5 Å². The van der Waals surface area contributed by atoms with Crippen molar-refractivity contribution in [3.05, 3.63) is 38.9 Å². The molecule has 0 radical (unpaired) electrons. The first-order valence-electron chi connectivity index (χ1n) is 6.88. The standard InChI is InChI=1S/C14H20ClN3O2/c1-17-6-2-3-11(10-17)8-16-9-12-4-5-13(15)7-14(12)18(19)20/h4-5,7,11,16H,2-3,6,8-10H2,1H3. The molecular weight excluding hydrogens is 278 g/mol. The first-order chi connectivity index (χ1) is 9.56. The smallest absolute Gasteiger partial charge is 0.275 e. The molecule has 6 heteroatoms. The average molecular weight is 298 g/mol. The third kappa shape index (κ3) is 4.16. The van der Waals surface area contributed by atoms with Gasteiger partial charge in [-0.1, -0.05) is 11.6 Å². The van der Waals surface area contributed by atoms with Crippen LogP contribution in [0.3, 0.4) is 0 Å². The summed E-state index contributed by atoms with van der Waals surface area (Å²) in [6.07, 6.45) is 2.45. The van der Waals surface area contributed by atoms with Gasteiger partial charge in [0.2, 0.25) is 0 Å². The van der Waals surface area contributed by atoms with Crippen molar-refractivity contribution < 1.29 is 4.92 Å². The fourth-order valence-corrected chi connectivity index (χ4v) is 2.87. The fraction of sp³-hybridized carbons (Fsp3) is 0.571. The molecule has 1 fully saturated rings. The predicted octanol–water partition coefficient (Wildman–Crippen LogP) is 2.68. The van der Waals surface area contributed by atoms with E-state index in [2.05, 4.69) is 17.3 Å². The molecule has 2 rings (SSSR count). The summed E-state index contributed by atoms with van der Waals surface area (Å²) in [6.45, 7) is 3.66. The highest BCUT2D eigenvalue weighted by atomic mass is 35.5. The second kappa shape index (κ2) is 7.02. The van der Waals surface area contributed by atoms with Crippen LogP contribution >= 0.6 is 11.6 Å². The minimum Gasteiger partial charge on any atom is -0.312 e. The number of likely N-dealkylation sites (tertiary alicyclic amines) is 1. The first-order valence-corrected chi connectivity index (χ1v) is 7.26. The number of benzene rings is 1. The van der Waals surface area contributed by atoms with E-state index in [0.717, 1.165) is 13.1 Å². The van der Waals surface area contributed by atoms with E-state index >= 15 is 0 Å². The molecule has 0 spiro atoms. The van der Waals surface area contributed by atoms with Gasteiger partial charge in [-0.15, -0.1) is 0 Å². The summed E-state index contributed by atoms with van der Waals surface area (Å²) in [5.74, 6) is 0.625. The van der Waals surface area contributed by atoms with Gasteiger partial charge in [0, 0.05) is 29.7 Å². The van der Waals surface area contributed by atoms with E-state index < -0.39 is 0 Å². The van der Waals surface area contributed by atoms with Gasteiger partial charge in [-0.05, 0) is 51.0 Å². The molecule has 1 heterocycles. The van der Waals surface area contributed by atoms with Gasteiger partial charge in [0.1, 0.15) is 0 Å². The molecule has 1 N–H and O–H groups in total. The van der Waals surface area contributed by atoms with E-state index in [1.807, 2.05) is 0 Å². The number of halogens is 1. The lowest BCUT2D eigenvalue weighted by Crippen LogP contribution is -2.37. The largest absolute Gasteiger partial charge is 0.312 e. The summed E-state index contributed by atoms with van der Waals surface area (Å²) < 4.78 is 0. The van der Waals surface area contributed by atoms with Crippen molar-refractivity contribution in [2.75, 3.05) is 26.7 Å². The molecule has 1 unspecified atom stereocenters. The summed E-state index contributed by atoms with van der Waals surface area (Å²) in [5.41, 5.74) is 0.773. The zero-order chi connectivity index (χ0) is 14.5. The van der Waals surface area contributed by atoms with Crippen molar-refractivity contribution >= 4 is 17.3 Å². The van der Waals surface area contributed by atoms with Crippen molar-refractivity contribution in [1.29, 1.82) is 0 Å². The Balaban J connectivity index is 1.89. The zero-order valence-corrected chi connectivity index (χ0v) is 12.4. The molecule has 20 heavy (non-hydrogen) atoms. The molecule has 1 atom stereocenters. The third-order valence-electron chi connectivity index (χ3n) is 3.71. The molecule has 110 valence electrons.